The van der Waals surface area contributed by atoms with E-state index in [1.807, 2.05) is 62.6 Å². The maximum Gasteiger partial charge on any atom is 0.256 e. The van der Waals surface area contributed by atoms with Crippen LogP contribution < -0.4 is 10.6 Å². The van der Waals surface area contributed by atoms with Crippen molar-refractivity contribution in [3.63, 3.8) is 0 Å². The van der Waals surface area contributed by atoms with Crippen molar-refractivity contribution in [3.8, 4) is 10.6 Å². The van der Waals surface area contributed by atoms with Gasteiger partial charge in [-0.2, -0.15) is 0 Å². The van der Waals surface area contributed by atoms with Crippen LogP contribution in [0.15, 0.2) is 87.6 Å². The highest BCUT2D eigenvalue weighted by molar-refractivity contribution is 7.99. The van der Waals surface area contributed by atoms with Crippen molar-refractivity contribution in [2.24, 2.45) is 0 Å². The van der Waals surface area contributed by atoms with Gasteiger partial charge in [-0.25, -0.2) is 4.98 Å². The van der Waals surface area contributed by atoms with Crippen molar-refractivity contribution >= 4 is 51.4 Å². The molecule has 2 heterocycles. The first-order chi connectivity index (χ1) is 18.9. The van der Waals surface area contributed by atoms with Gasteiger partial charge in [0.25, 0.3) is 11.8 Å². The maximum absolute atomic E-state index is 12.9. The van der Waals surface area contributed by atoms with Crippen molar-refractivity contribution in [1.29, 1.82) is 0 Å². The SMILES string of the molecule is CN(C)CCCS(=O)c1ccc(-c2ncc(CNC(=O)c3ccc4c(c3)NC(=O)c3ccccc3S4)s2)cc1. The number of hydrogen-bond donors (Lipinski definition) is 2. The predicted molar refractivity (Wildman–Crippen MR) is 158 cm³/mol. The summed E-state index contributed by atoms with van der Waals surface area (Å²) in [6.07, 6.45) is 2.65. The summed E-state index contributed by atoms with van der Waals surface area (Å²) < 4.78 is 12.5. The summed E-state index contributed by atoms with van der Waals surface area (Å²) in [5, 5.41) is 6.72. The normalized spacial score (nSPS) is 13.3. The summed E-state index contributed by atoms with van der Waals surface area (Å²) in [5.74, 6) is 0.229. The van der Waals surface area contributed by atoms with Gasteiger partial charge < -0.3 is 15.5 Å². The molecule has 1 atom stereocenters. The zero-order valence-electron chi connectivity index (χ0n) is 21.6. The Morgan fingerprint density at radius 3 is 2.64 bits per heavy atom. The highest BCUT2D eigenvalue weighted by Gasteiger charge is 2.21. The average molecular weight is 577 g/mol. The summed E-state index contributed by atoms with van der Waals surface area (Å²) in [6.45, 7) is 1.26. The molecule has 1 aliphatic heterocycles. The number of benzene rings is 3. The van der Waals surface area contributed by atoms with Crippen molar-refractivity contribution in [2.75, 3.05) is 31.7 Å². The molecular formula is C29H28N4O3S3. The molecule has 0 radical (unpaired) electrons. The molecule has 0 fully saturated rings. The lowest BCUT2D eigenvalue weighted by atomic mass is 10.1. The van der Waals surface area contributed by atoms with E-state index >= 15 is 0 Å². The number of fused-ring (bicyclic) bond motifs is 2. The second kappa shape index (κ2) is 12.3. The largest absolute Gasteiger partial charge is 0.347 e. The molecule has 4 aromatic rings. The third kappa shape index (κ3) is 6.65. The van der Waals surface area contributed by atoms with Crippen molar-refractivity contribution in [2.45, 2.75) is 27.7 Å². The predicted octanol–water partition coefficient (Wildman–Crippen LogP) is 5.52. The van der Waals surface area contributed by atoms with E-state index in [1.165, 1.54) is 23.1 Å². The molecule has 0 aliphatic carbocycles. The Kier molecular flexibility index (Phi) is 8.56. The molecule has 0 saturated carbocycles. The fraction of sp³-hybridized carbons (Fsp3) is 0.207. The minimum absolute atomic E-state index is 0.185. The van der Waals surface area contributed by atoms with Crippen molar-refractivity contribution in [1.82, 2.24) is 15.2 Å². The van der Waals surface area contributed by atoms with Gasteiger partial charge in [0.2, 0.25) is 0 Å². The minimum Gasteiger partial charge on any atom is -0.347 e. The minimum atomic E-state index is -1.02. The first-order valence-corrected chi connectivity index (χ1v) is 15.4. The van der Waals surface area contributed by atoms with Gasteiger partial charge in [-0.3, -0.25) is 13.8 Å². The van der Waals surface area contributed by atoms with Crippen LogP contribution in [0.1, 0.15) is 32.0 Å². The molecule has 3 aromatic carbocycles. The van der Waals surface area contributed by atoms with Crippen LogP contribution in [0.25, 0.3) is 10.6 Å². The smallest absolute Gasteiger partial charge is 0.256 e. The number of nitrogens with one attached hydrogen (secondary N) is 2. The van der Waals surface area contributed by atoms with Crippen LogP contribution in [0, 0.1) is 0 Å². The van der Waals surface area contributed by atoms with E-state index in [9.17, 15) is 13.8 Å². The number of rotatable bonds is 9. The van der Waals surface area contributed by atoms with E-state index < -0.39 is 10.8 Å². The number of thiazole rings is 1. The lowest BCUT2D eigenvalue weighted by Crippen LogP contribution is -2.22. The number of carbonyl (C=O) groups excluding carboxylic acids is 2. The lowest BCUT2D eigenvalue weighted by Gasteiger charge is -2.09. The average Bonchev–Trinajstić information content (AvgIpc) is 3.36. The van der Waals surface area contributed by atoms with Gasteiger partial charge >= 0.3 is 0 Å². The first kappa shape index (κ1) is 27.3. The van der Waals surface area contributed by atoms with Gasteiger partial charge in [-0.1, -0.05) is 36.0 Å². The highest BCUT2D eigenvalue weighted by atomic mass is 32.2. The van der Waals surface area contributed by atoms with Crippen molar-refractivity contribution < 1.29 is 13.8 Å². The standard InChI is InChI=1S/C29H28N4O3S3/c1-33(2)14-5-15-39(36)22-11-8-19(9-12-22)29-31-18-21(37-29)17-30-27(34)20-10-13-26-24(16-20)32-28(35)23-6-3-4-7-25(23)38-26/h3-4,6-13,16,18H,5,14-15,17H2,1-2H3,(H,30,34)(H,32,35). The molecule has 1 aromatic heterocycles. The molecule has 200 valence electrons. The Bertz CT molecular complexity index is 1530. The van der Waals surface area contributed by atoms with Gasteiger partial charge in [0.1, 0.15) is 5.01 Å². The number of anilines is 1. The van der Waals surface area contributed by atoms with Crippen LogP contribution in [-0.4, -0.2) is 52.3 Å². The zero-order chi connectivity index (χ0) is 27.4. The van der Waals surface area contributed by atoms with E-state index in [0.29, 0.717) is 29.1 Å². The molecule has 1 unspecified atom stereocenters. The molecule has 0 spiro atoms. The Hall–Kier alpha value is -3.31. The second-order valence-electron chi connectivity index (χ2n) is 9.31. The number of carbonyl (C=O) groups is 2. The summed E-state index contributed by atoms with van der Waals surface area (Å²) >= 11 is 3.01. The third-order valence-electron chi connectivity index (χ3n) is 6.12. The van der Waals surface area contributed by atoms with Crippen LogP contribution in [0.2, 0.25) is 0 Å². The molecule has 2 N–H and O–H groups in total. The number of aromatic nitrogens is 1. The zero-order valence-corrected chi connectivity index (χ0v) is 24.1. The second-order valence-corrected chi connectivity index (χ2v) is 13.1. The maximum atomic E-state index is 12.9. The molecule has 2 amide bonds. The summed E-state index contributed by atoms with van der Waals surface area (Å²) in [6, 6.07) is 20.5. The molecular weight excluding hydrogens is 549 g/mol. The molecule has 0 saturated heterocycles. The Morgan fingerprint density at radius 1 is 1.05 bits per heavy atom. The van der Waals surface area contributed by atoms with Crippen LogP contribution >= 0.6 is 23.1 Å². The molecule has 5 rings (SSSR count). The van der Waals surface area contributed by atoms with E-state index in [2.05, 4.69) is 20.5 Å². The first-order valence-electron chi connectivity index (χ1n) is 12.5. The van der Waals surface area contributed by atoms with Gasteiger partial charge in [0, 0.05) is 42.6 Å². The number of nitrogens with zero attached hydrogens (tertiary/aromatic N) is 2. The quantitative estimate of drug-likeness (QED) is 0.273. The van der Waals surface area contributed by atoms with Crippen LogP contribution in [0.3, 0.4) is 0 Å². The lowest BCUT2D eigenvalue weighted by molar-refractivity contribution is 0.0949. The number of hydrogen-bond acceptors (Lipinski definition) is 7. The number of amides is 2. The Labute approximate surface area is 238 Å². The fourth-order valence-corrected chi connectivity index (χ4v) is 7.01. The molecule has 1 aliphatic rings. The van der Waals surface area contributed by atoms with Crippen LogP contribution in [-0.2, 0) is 17.3 Å². The highest BCUT2D eigenvalue weighted by Crippen LogP contribution is 2.39. The van der Waals surface area contributed by atoms with E-state index in [4.69, 9.17) is 0 Å². The summed E-state index contributed by atoms with van der Waals surface area (Å²) in [7, 11) is 3.01. The third-order valence-corrected chi connectivity index (χ3v) is 9.77. The topological polar surface area (TPSA) is 91.4 Å². The van der Waals surface area contributed by atoms with E-state index in [1.54, 1.807) is 24.4 Å². The van der Waals surface area contributed by atoms with E-state index in [-0.39, 0.29) is 11.8 Å². The Balaban J connectivity index is 1.19. The van der Waals surface area contributed by atoms with E-state index in [0.717, 1.165) is 43.1 Å². The van der Waals surface area contributed by atoms with Crippen LogP contribution in [0.4, 0.5) is 5.69 Å². The van der Waals surface area contributed by atoms with Gasteiger partial charge in [-0.05, 0) is 69.5 Å². The Morgan fingerprint density at radius 2 is 1.85 bits per heavy atom. The molecule has 7 nitrogen and oxygen atoms in total. The van der Waals surface area contributed by atoms with Crippen LogP contribution in [0.5, 0.6) is 0 Å². The van der Waals surface area contributed by atoms with Gasteiger partial charge in [0.05, 0.1) is 28.6 Å². The molecule has 0 bridgehead atoms. The summed E-state index contributed by atoms with van der Waals surface area (Å²) in [5.41, 5.74) is 2.66. The van der Waals surface area contributed by atoms with Crippen molar-refractivity contribution in [3.05, 3.63) is 88.9 Å². The monoisotopic (exact) mass is 576 g/mol. The summed E-state index contributed by atoms with van der Waals surface area (Å²) in [4.78, 5) is 35.7. The fourth-order valence-electron chi connectivity index (χ4n) is 4.08. The van der Waals surface area contributed by atoms with Gasteiger partial charge in [-0.15, -0.1) is 11.3 Å². The molecule has 10 heteroatoms. The van der Waals surface area contributed by atoms with Gasteiger partial charge in [0.15, 0.2) is 0 Å². The molecule has 39 heavy (non-hydrogen) atoms.